The first-order valence-electron chi connectivity index (χ1n) is 22.7. The lowest BCUT2D eigenvalue weighted by Crippen LogP contribution is -2.15. The second-order valence-corrected chi connectivity index (χ2v) is 17.5. The largest absolute Gasteiger partial charge is 0.494 e. The zero-order valence-electron chi connectivity index (χ0n) is 36.8. The van der Waals surface area contributed by atoms with Gasteiger partial charge in [0.15, 0.2) is 0 Å². The minimum atomic E-state index is 0.621. The van der Waals surface area contributed by atoms with Gasteiger partial charge in [-0.05, 0) is 185 Å². The molecule has 2 nitrogen and oxygen atoms in total. The third kappa shape index (κ3) is 8.06. The van der Waals surface area contributed by atoms with Gasteiger partial charge in [0.2, 0.25) is 0 Å². The number of rotatable bonds is 11. The van der Waals surface area contributed by atoms with E-state index in [-0.39, 0.29) is 0 Å². The molecule has 0 aliphatic rings. The zero-order chi connectivity index (χ0) is 43.7. The molecular weight excluding hydrogens is 787 g/mol. The number of hydrogen-bond acceptors (Lipinski definition) is 2. The Hall–Kier alpha value is -7.78. The molecule has 0 saturated carbocycles. The standard InChI is InChI=1S/C63H49NO/c1-64(2)32-15-33-65-55-41-49(47-35-51(60-28-11-20-43-16-3-7-24-56(43)60)39-52(36-47)61-29-12-21-44-17-4-8-25-57(44)61)34-50(42-55)48-37-53(62-30-13-22-45-18-5-9-26-58(45)62)40-54(38-48)63-31-14-23-46-19-6-10-27-59(46)63/h3-14,16-31,34-42H,15,32-33H2,1-2H3. The molecule has 0 N–H and O–H groups in total. The number of fused-ring (bicyclic) bond motifs is 4. The van der Waals surface area contributed by atoms with Crippen LogP contribution in [0.25, 0.3) is 110 Å². The van der Waals surface area contributed by atoms with E-state index >= 15 is 0 Å². The first kappa shape index (κ1) is 40.0. The summed E-state index contributed by atoms with van der Waals surface area (Å²) in [5, 5.41) is 9.86. The SMILES string of the molecule is CN(C)CCCOc1cc(-c2cc(-c3cccc4ccccc34)cc(-c3cccc4ccccc34)c2)cc(-c2cc(-c3cccc4ccccc34)cc(-c3cccc4ccccc34)c2)c1. The molecule has 65 heavy (non-hydrogen) atoms. The summed E-state index contributed by atoms with van der Waals surface area (Å²) in [6.07, 6.45) is 0.927. The van der Waals surface area contributed by atoms with Crippen LogP contribution in [0.5, 0.6) is 5.75 Å². The predicted octanol–water partition coefficient (Wildman–Crippen LogP) is 16.6. The van der Waals surface area contributed by atoms with Gasteiger partial charge in [0.25, 0.3) is 0 Å². The van der Waals surface area contributed by atoms with Gasteiger partial charge in [0.05, 0.1) is 6.61 Å². The van der Waals surface area contributed by atoms with Crippen LogP contribution in [0.3, 0.4) is 0 Å². The first-order chi connectivity index (χ1) is 32.0. The quantitative estimate of drug-likeness (QED) is 0.120. The highest BCUT2D eigenvalue weighted by Crippen LogP contribution is 2.43. The fourth-order valence-corrected chi connectivity index (χ4v) is 9.71. The highest BCUT2D eigenvalue weighted by atomic mass is 16.5. The summed E-state index contributed by atoms with van der Waals surface area (Å²) < 4.78 is 6.74. The maximum absolute atomic E-state index is 6.74. The molecule has 0 heterocycles. The average molecular weight is 836 g/mol. The van der Waals surface area contributed by atoms with Gasteiger partial charge in [-0.2, -0.15) is 0 Å². The summed E-state index contributed by atoms with van der Waals surface area (Å²) in [6, 6.07) is 82.5. The normalized spacial score (nSPS) is 11.6. The molecule has 0 saturated heterocycles. The molecule has 0 unspecified atom stereocenters. The topological polar surface area (TPSA) is 12.5 Å². The summed E-state index contributed by atoms with van der Waals surface area (Å²) in [7, 11) is 4.23. The number of hydrogen-bond donors (Lipinski definition) is 0. The Morgan fingerprint density at radius 3 is 0.923 bits per heavy atom. The van der Waals surface area contributed by atoms with Gasteiger partial charge in [-0.3, -0.25) is 0 Å². The van der Waals surface area contributed by atoms with Crippen LogP contribution in [-0.4, -0.2) is 32.1 Å². The molecule has 0 radical (unpaired) electrons. The van der Waals surface area contributed by atoms with Crippen LogP contribution in [0.15, 0.2) is 224 Å². The highest BCUT2D eigenvalue weighted by molar-refractivity contribution is 6.03. The van der Waals surface area contributed by atoms with Crippen molar-refractivity contribution >= 4 is 43.1 Å². The summed E-state index contributed by atoms with van der Waals surface area (Å²) in [4.78, 5) is 2.21. The monoisotopic (exact) mass is 835 g/mol. The van der Waals surface area contributed by atoms with Crippen LogP contribution in [-0.2, 0) is 0 Å². The van der Waals surface area contributed by atoms with Crippen molar-refractivity contribution in [3.8, 4) is 72.5 Å². The predicted molar refractivity (Wildman–Crippen MR) is 278 cm³/mol. The van der Waals surface area contributed by atoms with Gasteiger partial charge in [-0.15, -0.1) is 0 Å². The number of ether oxygens (including phenoxy) is 1. The third-order valence-corrected chi connectivity index (χ3v) is 12.9. The van der Waals surface area contributed by atoms with Crippen molar-refractivity contribution < 1.29 is 4.74 Å². The van der Waals surface area contributed by atoms with E-state index < -0.39 is 0 Å². The van der Waals surface area contributed by atoms with Crippen LogP contribution < -0.4 is 4.74 Å². The molecule has 11 rings (SSSR count). The van der Waals surface area contributed by atoms with Crippen LogP contribution >= 0.6 is 0 Å². The minimum absolute atomic E-state index is 0.621. The maximum Gasteiger partial charge on any atom is 0.120 e. The van der Waals surface area contributed by atoms with E-state index in [1.54, 1.807) is 0 Å². The summed E-state index contributed by atoms with van der Waals surface area (Å²) >= 11 is 0. The number of benzene rings is 11. The van der Waals surface area contributed by atoms with E-state index in [0.29, 0.717) is 6.61 Å². The molecule has 11 aromatic rings. The zero-order valence-corrected chi connectivity index (χ0v) is 36.8. The lowest BCUT2D eigenvalue weighted by Gasteiger charge is -2.18. The van der Waals surface area contributed by atoms with Gasteiger partial charge in [0.1, 0.15) is 5.75 Å². The van der Waals surface area contributed by atoms with Gasteiger partial charge in [0, 0.05) is 6.54 Å². The fourth-order valence-electron chi connectivity index (χ4n) is 9.71. The van der Waals surface area contributed by atoms with E-state index in [0.717, 1.165) is 41.0 Å². The maximum atomic E-state index is 6.74. The smallest absolute Gasteiger partial charge is 0.120 e. The van der Waals surface area contributed by atoms with Gasteiger partial charge >= 0.3 is 0 Å². The summed E-state index contributed by atoms with van der Waals surface area (Å²) in [6.45, 7) is 1.57. The molecule has 0 spiro atoms. The Balaban J connectivity index is 1.15. The third-order valence-electron chi connectivity index (χ3n) is 12.9. The first-order valence-corrected chi connectivity index (χ1v) is 22.7. The van der Waals surface area contributed by atoms with E-state index in [2.05, 4.69) is 243 Å². The van der Waals surface area contributed by atoms with Crippen LogP contribution in [0.4, 0.5) is 0 Å². The molecule has 0 aliphatic heterocycles. The van der Waals surface area contributed by atoms with E-state index in [4.69, 9.17) is 4.74 Å². The second kappa shape index (κ2) is 17.4. The van der Waals surface area contributed by atoms with Crippen molar-refractivity contribution in [2.24, 2.45) is 0 Å². The summed E-state index contributed by atoms with van der Waals surface area (Å²) in [5.41, 5.74) is 14.1. The van der Waals surface area contributed by atoms with Crippen LogP contribution in [0, 0.1) is 0 Å². The van der Waals surface area contributed by atoms with E-state index in [1.807, 2.05) is 0 Å². The van der Waals surface area contributed by atoms with Crippen molar-refractivity contribution in [3.63, 3.8) is 0 Å². The van der Waals surface area contributed by atoms with Gasteiger partial charge in [-0.25, -0.2) is 0 Å². The molecule has 11 aromatic carbocycles. The average Bonchev–Trinajstić information content (AvgIpc) is 3.36. The Labute approximate surface area is 381 Å². The second-order valence-electron chi connectivity index (χ2n) is 17.5. The molecule has 0 aliphatic carbocycles. The Bertz CT molecular complexity index is 3100. The minimum Gasteiger partial charge on any atom is -0.494 e. The molecule has 0 fully saturated rings. The lowest BCUT2D eigenvalue weighted by molar-refractivity contribution is 0.282. The van der Waals surface area contributed by atoms with Crippen molar-refractivity contribution in [1.29, 1.82) is 0 Å². The Kier molecular flexibility index (Phi) is 10.7. The van der Waals surface area contributed by atoms with Crippen LogP contribution in [0.2, 0.25) is 0 Å². The molecule has 312 valence electrons. The van der Waals surface area contributed by atoms with E-state index in [1.165, 1.54) is 87.6 Å². The van der Waals surface area contributed by atoms with Crippen molar-refractivity contribution in [3.05, 3.63) is 224 Å². The van der Waals surface area contributed by atoms with Crippen LogP contribution in [0.1, 0.15) is 6.42 Å². The van der Waals surface area contributed by atoms with Crippen molar-refractivity contribution in [2.75, 3.05) is 27.2 Å². The Morgan fingerprint density at radius 1 is 0.308 bits per heavy atom. The molecule has 0 aromatic heterocycles. The highest BCUT2D eigenvalue weighted by Gasteiger charge is 2.17. The lowest BCUT2D eigenvalue weighted by atomic mass is 9.88. The molecule has 0 atom stereocenters. The van der Waals surface area contributed by atoms with Crippen molar-refractivity contribution in [2.45, 2.75) is 6.42 Å². The Morgan fingerprint density at radius 2 is 0.585 bits per heavy atom. The van der Waals surface area contributed by atoms with E-state index in [9.17, 15) is 0 Å². The molecule has 0 amide bonds. The fraction of sp³-hybridized carbons (Fsp3) is 0.0794. The van der Waals surface area contributed by atoms with Gasteiger partial charge in [-0.1, -0.05) is 170 Å². The summed E-state index contributed by atoms with van der Waals surface area (Å²) in [5.74, 6) is 0.862. The number of nitrogens with zero attached hydrogens (tertiary/aromatic N) is 1. The van der Waals surface area contributed by atoms with Crippen molar-refractivity contribution in [1.82, 2.24) is 4.90 Å². The molecule has 2 heteroatoms. The van der Waals surface area contributed by atoms with Gasteiger partial charge < -0.3 is 9.64 Å². The molecular formula is C63H49NO. The molecule has 0 bridgehead atoms.